The van der Waals surface area contributed by atoms with Gasteiger partial charge < -0.3 is 5.32 Å². The van der Waals surface area contributed by atoms with Crippen molar-refractivity contribution in [1.29, 1.82) is 0 Å². The van der Waals surface area contributed by atoms with E-state index in [0.29, 0.717) is 11.5 Å². The predicted octanol–water partition coefficient (Wildman–Crippen LogP) is 3.69. The third-order valence-corrected chi connectivity index (χ3v) is 2.52. The van der Waals surface area contributed by atoms with Crippen LogP contribution in [-0.4, -0.2) is 6.54 Å². The molecule has 84 valence electrons. The number of aryl methyl sites for hydroxylation is 1. The fourth-order valence-electron chi connectivity index (χ4n) is 1.43. The molecule has 15 heavy (non-hydrogen) atoms. The SMILES string of the molecule is Cc1ccc(C(C)NCC(C)(C)C)cc1. The molecular weight excluding hydrogens is 182 g/mol. The van der Waals surface area contributed by atoms with Gasteiger partial charge in [0.15, 0.2) is 0 Å². The van der Waals surface area contributed by atoms with Crippen molar-refractivity contribution in [2.24, 2.45) is 5.41 Å². The molecule has 1 unspecified atom stereocenters. The van der Waals surface area contributed by atoms with Crippen LogP contribution in [-0.2, 0) is 0 Å². The summed E-state index contributed by atoms with van der Waals surface area (Å²) >= 11 is 0. The minimum Gasteiger partial charge on any atom is -0.310 e. The fourth-order valence-corrected chi connectivity index (χ4v) is 1.43. The monoisotopic (exact) mass is 205 g/mol. The topological polar surface area (TPSA) is 12.0 Å². The van der Waals surface area contributed by atoms with Crippen LogP contribution in [0.1, 0.15) is 44.9 Å². The molecule has 0 bridgehead atoms. The normalized spacial score (nSPS) is 13.9. The van der Waals surface area contributed by atoms with Gasteiger partial charge in [-0.3, -0.25) is 0 Å². The molecule has 0 aromatic heterocycles. The lowest BCUT2D eigenvalue weighted by atomic mass is 9.96. The van der Waals surface area contributed by atoms with Crippen LogP contribution in [0.15, 0.2) is 24.3 Å². The lowest BCUT2D eigenvalue weighted by Gasteiger charge is -2.23. The van der Waals surface area contributed by atoms with Crippen molar-refractivity contribution in [2.75, 3.05) is 6.54 Å². The van der Waals surface area contributed by atoms with Crippen LogP contribution >= 0.6 is 0 Å². The van der Waals surface area contributed by atoms with Crippen molar-refractivity contribution in [3.05, 3.63) is 35.4 Å². The van der Waals surface area contributed by atoms with Gasteiger partial charge in [0.1, 0.15) is 0 Å². The summed E-state index contributed by atoms with van der Waals surface area (Å²) in [5.74, 6) is 0. The molecule has 0 heterocycles. The molecule has 1 atom stereocenters. The maximum Gasteiger partial charge on any atom is 0.0292 e. The molecule has 0 spiro atoms. The van der Waals surface area contributed by atoms with Crippen molar-refractivity contribution in [1.82, 2.24) is 5.32 Å². The van der Waals surface area contributed by atoms with E-state index in [1.165, 1.54) is 11.1 Å². The van der Waals surface area contributed by atoms with Crippen LogP contribution in [0.25, 0.3) is 0 Å². The Bertz CT molecular complexity index is 292. The molecule has 0 amide bonds. The third-order valence-electron chi connectivity index (χ3n) is 2.52. The Morgan fingerprint density at radius 3 is 2.13 bits per heavy atom. The zero-order valence-electron chi connectivity index (χ0n) is 10.6. The van der Waals surface area contributed by atoms with Gasteiger partial charge in [-0.05, 0) is 24.8 Å². The zero-order chi connectivity index (χ0) is 11.5. The van der Waals surface area contributed by atoms with E-state index in [-0.39, 0.29) is 0 Å². The number of nitrogens with one attached hydrogen (secondary N) is 1. The summed E-state index contributed by atoms with van der Waals surface area (Å²) in [5.41, 5.74) is 3.03. The van der Waals surface area contributed by atoms with Crippen molar-refractivity contribution in [3.8, 4) is 0 Å². The number of hydrogen-bond donors (Lipinski definition) is 1. The summed E-state index contributed by atoms with van der Waals surface area (Å²) in [6.07, 6.45) is 0. The van der Waals surface area contributed by atoms with Gasteiger partial charge in [0.05, 0.1) is 0 Å². The smallest absolute Gasteiger partial charge is 0.0292 e. The first kappa shape index (κ1) is 12.3. The molecule has 1 rings (SSSR count). The van der Waals surface area contributed by atoms with E-state index in [1.54, 1.807) is 0 Å². The predicted molar refractivity (Wildman–Crippen MR) is 67.1 cm³/mol. The Kier molecular flexibility index (Phi) is 3.92. The molecule has 1 aromatic rings. The summed E-state index contributed by atoms with van der Waals surface area (Å²) in [6.45, 7) is 12.1. The summed E-state index contributed by atoms with van der Waals surface area (Å²) < 4.78 is 0. The summed E-state index contributed by atoms with van der Waals surface area (Å²) in [7, 11) is 0. The Balaban J connectivity index is 2.54. The first-order valence-electron chi connectivity index (χ1n) is 5.68. The van der Waals surface area contributed by atoms with Crippen LogP contribution in [0, 0.1) is 12.3 Å². The van der Waals surface area contributed by atoms with E-state index in [1.807, 2.05) is 0 Å². The second-order valence-electron chi connectivity index (χ2n) is 5.57. The van der Waals surface area contributed by atoms with Crippen LogP contribution < -0.4 is 5.32 Å². The van der Waals surface area contributed by atoms with E-state index in [2.05, 4.69) is 64.2 Å². The maximum absolute atomic E-state index is 3.56. The van der Waals surface area contributed by atoms with Gasteiger partial charge in [0, 0.05) is 12.6 Å². The number of hydrogen-bond acceptors (Lipinski definition) is 1. The molecule has 1 aromatic carbocycles. The number of benzene rings is 1. The molecule has 1 nitrogen and oxygen atoms in total. The van der Waals surface area contributed by atoms with Gasteiger partial charge in [-0.25, -0.2) is 0 Å². The highest BCUT2D eigenvalue weighted by Gasteiger charge is 2.12. The van der Waals surface area contributed by atoms with E-state index >= 15 is 0 Å². The van der Waals surface area contributed by atoms with Crippen LogP contribution in [0.5, 0.6) is 0 Å². The molecule has 0 aliphatic rings. The molecule has 1 heteroatoms. The molecule has 0 radical (unpaired) electrons. The van der Waals surface area contributed by atoms with Crippen LogP contribution in [0.3, 0.4) is 0 Å². The van der Waals surface area contributed by atoms with Crippen LogP contribution in [0.4, 0.5) is 0 Å². The molecule has 0 aliphatic carbocycles. The average molecular weight is 205 g/mol. The van der Waals surface area contributed by atoms with Gasteiger partial charge in [-0.2, -0.15) is 0 Å². The Hall–Kier alpha value is -0.820. The summed E-state index contributed by atoms with van der Waals surface area (Å²) in [4.78, 5) is 0. The van der Waals surface area contributed by atoms with E-state index in [4.69, 9.17) is 0 Å². The minimum atomic E-state index is 0.346. The molecule has 0 aliphatic heterocycles. The van der Waals surface area contributed by atoms with Gasteiger partial charge in [-0.1, -0.05) is 50.6 Å². The molecule has 0 fully saturated rings. The molecule has 0 saturated heterocycles. The fraction of sp³-hybridized carbons (Fsp3) is 0.571. The highest BCUT2D eigenvalue weighted by Crippen LogP contribution is 2.16. The van der Waals surface area contributed by atoms with Crippen molar-refractivity contribution < 1.29 is 0 Å². The van der Waals surface area contributed by atoms with Gasteiger partial charge in [0.25, 0.3) is 0 Å². The minimum absolute atomic E-state index is 0.346. The van der Waals surface area contributed by atoms with Crippen molar-refractivity contribution >= 4 is 0 Å². The average Bonchev–Trinajstić information content (AvgIpc) is 2.14. The van der Waals surface area contributed by atoms with E-state index < -0.39 is 0 Å². The maximum atomic E-state index is 3.56. The van der Waals surface area contributed by atoms with E-state index in [9.17, 15) is 0 Å². The second kappa shape index (κ2) is 4.80. The third kappa shape index (κ3) is 4.48. The zero-order valence-corrected chi connectivity index (χ0v) is 10.6. The molecule has 1 N–H and O–H groups in total. The quantitative estimate of drug-likeness (QED) is 0.793. The van der Waals surface area contributed by atoms with Gasteiger partial charge in [0.2, 0.25) is 0 Å². The number of rotatable bonds is 3. The Labute approximate surface area is 93.9 Å². The Morgan fingerprint density at radius 2 is 1.67 bits per heavy atom. The summed E-state index contributed by atoms with van der Waals surface area (Å²) in [5, 5.41) is 3.56. The Morgan fingerprint density at radius 1 is 1.13 bits per heavy atom. The van der Waals surface area contributed by atoms with Crippen molar-refractivity contribution in [2.45, 2.75) is 40.7 Å². The van der Waals surface area contributed by atoms with Crippen LogP contribution in [0.2, 0.25) is 0 Å². The highest BCUT2D eigenvalue weighted by molar-refractivity contribution is 5.23. The summed E-state index contributed by atoms with van der Waals surface area (Å²) in [6, 6.07) is 9.19. The van der Waals surface area contributed by atoms with Gasteiger partial charge in [-0.15, -0.1) is 0 Å². The van der Waals surface area contributed by atoms with Crippen molar-refractivity contribution in [3.63, 3.8) is 0 Å². The first-order chi connectivity index (χ1) is 6.88. The van der Waals surface area contributed by atoms with Gasteiger partial charge >= 0.3 is 0 Å². The highest BCUT2D eigenvalue weighted by atomic mass is 14.9. The standard InChI is InChI=1S/C14H23N/c1-11-6-8-13(9-7-11)12(2)15-10-14(3,4)5/h6-9,12,15H,10H2,1-5H3. The molecule has 0 saturated carbocycles. The largest absolute Gasteiger partial charge is 0.310 e. The second-order valence-corrected chi connectivity index (χ2v) is 5.57. The van der Waals surface area contributed by atoms with E-state index in [0.717, 1.165) is 6.54 Å². The first-order valence-corrected chi connectivity index (χ1v) is 5.68. The molecular formula is C14H23N. The lowest BCUT2D eigenvalue weighted by molar-refractivity contribution is 0.359. The lowest BCUT2D eigenvalue weighted by Crippen LogP contribution is -2.29.